The van der Waals surface area contributed by atoms with E-state index >= 15 is 0 Å². The third-order valence-electron chi connectivity index (χ3n) is 7.09. The van der Waals surface area contributed by atoms with Crippen LogP contribution in [0.4, 0.5) is 4.79 Å². The molecular weight excluding hydrogens is 354 g/mol. The molecule has 2 bridgehead atoms. The number of benzene rings is 1. The van der Waals surface area contributed by atoms with Gasteiger partial charge in [0.1, 0.15) is 12.7 Å². The first-order valence-corrected chi connectivity index (χ1v) is 10.2. The summed E-state index contributed by atoms with van der Waals surface area (Å²) in [6.45, 7) is 9.03. The van der Waals surface area contributed by atoms with Crippen molar-refractivity contribution in [2.75, 3.05) is 0 Å². The van der Waals surface area contributed by atoms with E-state index in [9.17, 15) is 9.59 Å². The number of nitrogens with one attached hydrogen (secondary N) is 1. The SMILES string of the molecule is C=C1[C@@H](OC(=O)C2CC(NC(=O)OCc3ccccc3)C2)C[C@H]2C[C@@H]1C2(C)C. The zero-order chi connectivity index (χ0) is 19.9. The van der Waals surface area contributed by atoms with Gasteiger partial charge in [0, 0.05) is 6.04 Å². The summed E-state index contributed by atoms with van der Waals surface area (Å²) in [5.74, 6) is 0.801. The average Bonchev–Trinajstić information content (AvgIpc) is 2.64. The zero-order valence-electron chi connectivity index (χ0n) is 16.6. The highest BCUT2D eigenvalue weighted by atomic mass is 16.6. The maximum Gasteiger partial charge on any atom is 0.407 e. The second kappa shape index (κ2) is 7.26. The van der Waals surface area contributed by atoms with E-state index in [0.717, 1.165) is 17.6 Å². The standard InChI is InChI=1S/C23H29NO4/c1-14-19-11-17(23(19,2)3)12-20(14)28-21(25)16-9-18(10-16)24-22(26)27-13-15-7-5-4-6-8-15/h4-8,16-20H,1,9-13H2,2-3H3,(H,24,26)/t16?,17-,18?,19+,20+/m1/s1. The zero-order valence-corrected chi connectivity index (χ0v) is 16.6. The summed E-state index contributed by atoms with van der Waals surface area (Å²) in [5, 5.41) is 2.82. The third-order valence-corrected chi connectivity index (χ3v) is 7.09. The van der Waals surface area contributed by atoms with Crippen LogP contribution in [-0.2, 0) is 20.9 Å². The molecule has 150 valence electrons. The van der Waals surface area contributed by atoms with Crippen molar-refractivity contribution in [1.29, 1.82) is 0 Å². The molecule has 5 heteroatoms. The number of amides is 1. The molecule has 4 saturated carbocycles. The number of hydrogen-bond donors (Lipinski definition) is 1. The minimum Gasteiger partial charge on any atom is -0.458 e. The van der Waals surface area contributed by atoms with Gasteiger partial charge in [0.15, 0.2) is 0 Å². The number of ether oxygens (including phenoxy) is 2. The van der Waals surface area contributed by atoms with Crippen LogP contribution in [0.25, 0.3) is 0 Å². The molecule has 5 rings (SSSR count). The molecule has 0 aromatic heterocycles. The van der Waals surface area contributed by atoms with E-state index in [1.165, 1.54) is 6.42 Å². The Balaban J connectivity index is 1.17. The Morgan fingerprint density at radius 2 is 1.86 bits per heavy atom. The highest BCUT2D eigenvalue weighted by Gasteiger charge is 2.56. The summed E-state index contributed by atoms with van der Waals surface area (Å²) in [5.41, 5.74) is 2.33. The molecule has 0 unspecified atom stereocenters. The first kappa shape index (κ1) is 19.0. The van der Waals surface area contributed by atoms with Gasteiger partial charge in [-0.1, -0.05) is 50.8 Å². The predicted molar refractivity (Wildman–Crippen MR) is 105 cm³/mol. The van der Waals surface area contributed by atoms with E-state index in [4.69, 9.17) is 9.47 Å². The Morgan fingerprint density at radius 1 is 1.14 bits per heavy atom. The van der Waals surface area contributed by atoms with E-state index in [-0.39, 0.29) is 30.6 Å². The van der Waals surface area contributed by atoms with Crippen LogP contribution in [-0.4, -0.2) is 24.2 Å². The van der Waals surface area contributed by atoms with Crippen molar-refractivity contribution >= 4 is 12.1 Å². The second-order valence-corrected chi connectivity index (χ2v) is 9.11. The van der Waals surface area contributed by atoms with Gasteiger partial charge >= 0.3 is 12.1 Å². The number of carbonyl (C=O) groups is 2. The fourth-order valence-corrected chi connectivity index (χ4v) is 4.90. The number of carbonyl (C=O) groups excluding carboxylic acids is 2. The first-order valence-electron chi connectivity index (χ1n) is 10.2. The Kier molecular flexibility index (Phi) is 4.94. The average molecular weight is 383 g/mol. The number of rotatable bonds is 5. The Hall–Kier alpha value is -2.30. The molecule has 1 aromatic carbocycles. The highest BCUT2D eigenvalue weighted by molar-refractivity contribution is 5.75. The Labute approximate surface area is 166 Å². The molecule has 0 aliphatic heterocycles. The smallest absolute Gasteiger partial charge is 0.407 e. The van der Waals surface area contributed by atoms with Crippen LogP contribution in [0.2, 0.25) is 0 Å². The van der Waals surface area contributed by atoms with Crippen LogP contribution in [0.15, 0.2) is 42.5 Å². The molecular formula is C23H29NO4. The molecule has 0 spiro atoms. The molecule has 0 saturated heterocycles. The Bertz CT molecular complexity index is 766. The van der Waals surface area contributed by atoms with Crippen molar-refractivity contribution in [1.82, 2.24) is 5.32 Å². The summed E-state index contributed by atoms with van der Waals surface area (Å²) in [6, 6.07) is 9.53. The van der Waals surface area contributed by atoms with Crippen LogP contribution in [0, 0.1) is 23.2 Å². The van der Waals surface area contributed by atoms with E-state index in [1.54, 1.807) is 0 Å². The number of esters is 1. The largest absolute Gasteiger partial charge is 0.458 e. The fourth-order valence-electron chi connectivity index (χ4n) is 4.90. The summed E-state index contributed by atoms with van der Waals surface area (Å²) in [7, 11) is 0. The van der Waals surface area contributed by atoms with Gasteiger partial charge in [0.25, 0.3) is 0 Å². The first-order chi connectivity index (χ1) is 13.3. The molecule has 0 radical (unpaired) electrons. The van der Waals surface area contributed by atoms with Crippen molar-refractivity contribution in [3.63, 3.8) is 0 Å². The maximum atomic E-state index is 12.5. The van der Waals surface area contributed by atoms with Crippen molar-refractivity contribution in [3.8, 4) is 0 Å². The number of alkyl carbamates (subject to hydrolysis) is 1. The molecule has 4 aliphatic rings. The molecule has 4 aliphatic carbocycles. The third kappa shape index (κ3) is 3.54. The topological polar surface area (TPSA) is 64.6 Å². The van der Waals surface area contributed by atoms with Crippen LogP contribution in [0.3, 0.4) is 0 Å². The van der Waals surface area contributed by atoms with Crippen LogP contribution in [0.5, 0.6) is 0 Å². The Morgan fingerprint density at radius 3 is 2.50 bits per heavy atom. The molecule has 5 nitrogen and oxygen atoms in total. The summed E-state index contributed by atoms with van der Waals surface area (Å²) in [6.07, 6.45) is 2.72. The van der Waals surface area contributed by atoms with Gasteiger partial charge in [-0.25, -0.2) is 4.79 Å². The number of hydrogen-bond acceptors (Lipinski definition) is 4. The van der Waals surface area contributed by atoms with Crippen LogP contribution >= 0.6 is 0 Å². The molecule has 3 atom stereocenters. The van der Waals surface area contributed by atoms with Gasteiger partial charge in [0.05, 0.1) is 5.92 Å². The maximum absolute atomic E-state index is 12.5. The van der Waals surface area contributed by atoms with Crippen molar-refractivity contribution < 1.29 is 19.1 Å². The normalized spacial score (nSPS) is 32.5. The lowest BCUT2D eigenvalue weighted by Gasteiger charge is -2.59. The van der Waals surface area contributed by atoms with E-state index in [2.05, 4.69) is 25.7 Å². The number of fused-ring (bicyclic) bond motifs is 2. The van der Waals surface area contributed by atoms with E-state index in [1.807, 2.05) is 30.3 Å². The van der Waals surface area contributed by atoms with Crippen LogP contribution < -0.4 is 5.32 Å². The lowest BCUT2D eigenvalue weighted by molar-refractivity contribution is -0.164. The lowest BCUT2D eigenvalue weighted by atomic mass is 9.47. The van der Waals surface area contributed by atoms with Gasteiger partial charge in [-0.05, 0) is 54.1 Å². The van der Waals surface area contributed by atoms with Gasteiger partial charge in [-0.2, -0.15) is 0 Å². The van der Waals surface area contributed by atoms with Crippen molar-refractivity contribution in [3.05, 3.63) is 48.0 Å². The minimum atomic E-state index is -0.441. The van der Waals surface area contributed by atoms with Gasteiger partial charge in [-0.3, -0.25) is 4.79 Å². The predicted octanol–water partition coefficient (Wildman–Crippen LogP) is 4.23. The molecule has 28 heavy (non-hydrogen) atoms. The van der Waals surface area contributed by atoms with Crippen LogP contribution in [0.1, 0.15) is 45.1 Å². The molecule has 1 N–H and O–H groups in total. The minimum absolute atomic E-state index is 0.0253. The second-order valence-electron chi connectivity index (χ2n) is 9.11. The summed E-state index contributed by atoms with van der Waals surface area (Å²) < 4.78 is 11.0. The fraction of sp³-hybridized carbons (Fsp3) is 0.565. The molecule has 1 aromatic rings. The lowest BCUT2D eigenvalue weighted by Crippen LogP contribution is -2.55. The van der Waals surface area contributed by atoms with Crippen molar-refractivity contribution in [2.45, 2.75) is 58.3 Å². The monoisotopic (exact) mass is 383 g/mol. The molecule has 4 fully saturated rings. The molecule has 1 amide bonds. The van der Waals surface area contributed by atoms with Gasteiger partial charge < -0.3 is 14.8 Å². The quantitative estimate of drug-likeness (QED) is 0.611. The van der Waals surface area contributed by atoms with E-state index < -0.39 is 6.09 Å². The highest BCUT2D eigenvalue weighted by Crippen LogP contribution is 2.61. The summed E-state index contributed by atoms with van der Waals surface area (Å²) >= 11 is 0. The van der Waals surface area contributed by atoms with Crippen molar-refractivity contribution in [2.24, 2.45) is 23.2 Å². The molecule has 0 heterocycles. The van der Waals surface area contributed by atoms with E-state index in [0.29, 0.717) is 30.1 Å². The van der Waals surface area contributed by atoms with Gasteiger partial charge in [-0.15, -0.1) is 0 Å². The van der Waals surface area contributed by atoms with Gasteiger partial charge in [0.2, 0.25) is 0 Å². The summed E-state index contributed by atoms with van der Waals surface area (Å²) in [4.78, 5) is 24.4.